The number of ether oxygens (including phenoxy) is 1. The van der Waals surface area contributed by atoms with Gasteiger partial charge in [-0.2, -0.15) is 5.26 Å². The first-order chi connectivity index (χ1) is 7.95. The van der Waals surface area contributed by atoms with Gasteiger partial charge in [0, 0.05) is 0 Å². The molecule has 0 saturated heterocycles. The molecule has 0 fully saturated rings. The van der Waals surface area contributed by atoms with Gasteiger partial charge in [-0.3, -0.25) is 9.69 Å². The van der Waals surface area contributed by atoms with Crippen molar-refractivity contribution in [2.45, 2.75) is 40.0 Å². The molecule has 0 aliphatic heterocycles. The summed E-state index contributed by atoms with van der Waals surface area (Å²) >= 11 is 0. The van der Waals surface area contributed by atoms with Gasteiger partial charge in [-0.15, -0.1) is 0 Å². The second kappa shape index (κ2) is 8.08. The molecule has 0 aromatic carbocycles. The van der Waals surface area contributed by atoms with Crippen molar-refractivity contribution >= 4 is 5.97 Å². The summed E-state index contributed by atoms with van der Waals surface area (Å²) in [5.41, 5.74) is -0.275. The minimum atomic E-state index is -0.275. The second-order valence-corrected chi connectivity index (χ2v) is 4.95. The molecular weight excluding hydrogens is 216 g/mol. The third-order valence-corrected chi connectivity index (χ3v) is 2.70. The molecule has 0 aromatic rings. The summed E-state index contributed by atoms with van der Waals surface area (Å²) in [4.78, 5) is 13.3. The third kappa shape index (κ3) is 7.76. The Labute approximate surface area is 105 Å². The van der Waals surface area contributed by atoms with Gasteiger partial charge in [-0.05, 0) is 46.2 Å². The van der Waals surface area contributed by atoms with Crippen LogP contribution in [0.25, 0.3) is 0 Å². The first-order valence-corrected chi connectivity index (χ1v) is 6.15. The zero-order valence-corrected chi connectivity index (χ0v) is 11.5. The lowest BCUT2D eigenvalue weighted by Crippen LogP contribution is -2.32. The number of hydrogen-bond donors (Lipinski definition) is 0. The highest BCUT2D eigenvalue weighted by Crippen LogP contribution is 2.20. The van der Waals surface area contributed by atoms with E-state index in [-0.39, 0.29) is 11.4 Å². The maximum atomic E-state index is 11.2. The van der Waals surface area contributed by atoms with Crippen molar-refractivity contribution in [1.29, 1.82) is 5.26 Å². The fraction of sp³-hybridized carbons (Fsp3) is 0.846. The fourth-order valence-electron chi connectivity index (χ4n) is 1.63. The van der Waals surface area contributed by atoms with Gasteiger partial charge < -0.3 is 4.74 Å². The minimum absolute atomic E-state index is 0.196. The van der Waals surface area contributed by atoms with E-state index in [2.05, 4.69) is 22.6 Å². The molecule has 0 amide bonds. The monoisotopic (exact) mass is 240 g/mol. The SMILES string of the molecule is CCCN(CCCC(C)(C)C#N)CC(=O)OC. The Morgan fingerprint density at radius 2 is 2.06 bits per heavy atom. The van der Waals surface area contributed by atoms with Crippen LogP contribution in [0, 0.1) is 16.7 Å². The van der Waals surface area contributed by atoms with Crippen LogP contribution in [-0.4, -0.2) is 37.6 Å². The molecule has 0 aliphatic carbocycles. The quantitative estimate of drug-likeness (QED) is 0.610. The van der Waals surface area contributed by atoms with Crippen LogP contribution in [0.3, 0.4) is 0 Å². The number of nitrogens with zero attached hydrogens (tertiary/aromatic N) is 2. The van der Waals surface area contributed by atoms with Crippen molar-refractivity contribution in [1.82, 2.24) is 4.90 Å². The second-order valence-electron chi connectivity index (χ2n) is 4.95. The van der Waals surface area contributed by atoms with E-state index in [0.29, 0.717) is 6.54 Å². The molecule has 4 nitrogen and oxygen atoms in total. The van der Waals surface area contributed by atoms with Crippen LogP contribution < -0.4 is 0 Å². The van der Waals surface area contributed by atoms with Gasteiger partial charge in [0.2, 0.25) is 0 Å². The van der Waals surface area contributed by atoms with Crippen molar-refractivity contribution in [2.75, 3.05) is 26.7 Å². The first kappa shape index (κ1) is 15.9. The maximum Gasteiger partial charge on any atom is 0.319 e. The minimum Gasteiger partial charge on any atom is -0.468 e. The molecule has 0 saturated carbocycles. The summed E-state index contributed by atoms with van der Waals surface area (Å²) < 4.78 is 4.66. The van der Waals surface area contributed by atoms with Crippen molar-refractivity contribution in [3.8, 4) is 6.07 Å². The number of esters is 1. The molecule has 0 aromatic heterocycles. The standard InChI is InChI=1S/C13H24N2O2/c1-5-8-15(10-12(16)17-4)9-6-7-13(2,3)11-14/h5-10H2,1-4H3. The predicted molar refractivity (Wildman–Crippen MR) is 67.4 cm³/mol. The molecule has 0 unspecified atom stereocenters. The van der Waals surface area contributed by atoms with Gasteiger partial charge in [0.15, 0.2) is 0 Å². The summed E-state index contributed by atoms with van der Waals surface area (Å²) in [6.07, 6.45) is 2.79. The number of methoxy groups -OCH3 is 1. The highest BCUT2D eigenvalue weighted by atomic mass is 16.5. The van der Waals surface area contributed by atoms with Gasteiger partial charge in [-0.1, -0.05) is 6.92 Å². The fourth-order valence-corrected chi connectivity index (χ4v) is 1.63. The molecule has 0 rings (SSSR count). The Morgan fingerprint density at radius 1 is 1.41 bits per heavy atom. The highest BCUT2D eigenvalue weighted by Gasteiger charge is 2.17. The van der Waals surface area contributed by atoms with Gasteiger partial charge in [-0.25, -0.2) is 0 Å². The molecule has 17 heavy (non-hydrogen) atoms. The Morgan fingerprint density at radius 3 is 2.53 bits per heavy atom. The number of carbonyl (C=O) groups excluding carboxylic acids is 1. The molecule has 98 valence electrons. The zero-order chi connectivity index (χ0) is 13.3. The number of nitriles is 1. The molecule has 0 atom stereocenters. The van der Waals surface area contributed by atoms with E-state index in [1.165, 1.54) is 7.11 Å². The average molecular weight is 240 g/mol. The van der Waals surface area contributed by atoms with Crippen LogP contribution in [0.15, 0.2) is 0 Å². The smallest absolute Gasteiger partial charge is 0.319 e. The zero-order valence-electron chi connectivity index (χ0n) is 11.5. The van der Waals surface area contributed by atoms with Crippen molar-refractivity contribution in [2.24, 2.45) is 5.41 Å². The van der Waals surface area contributed by atoms with Gasteiger partial charge in [0.25, 0.3) is 0 Å². The molecule has 0 spiro atoms. The Bertz CT molecular complexity index is 269. The summed E-state index contributed by atoms with van der Waals surface area (Å²) in [5.74, 6) is -0.196. The molecule has 0 N–H and O–H groups in total. The Balaban J connectivity index is 4.01. The molecular formula is C13H24N2O2. The van der Waals surface area contributed by atoms with Gasteiger partial charge in [0.05, 0.1) is 25.1 Å². The van der Waals surface area contributed by atoms with E-state index < -0.39 is 0 Å². The van der Waals surface area contributed by atoms with E-state index in [4.69, 9.17) is 5.26 Å². The molecule has 4 heteroatoms. The van der Waals surface area contributed by atoms with Crippen molar-refractivity contribution in [3.63, 3.8) is 0 Å². The van der Waals surface area contributed by atoms with E-state index in [1.807, 2.05) is 13.8 Å². The lowest BCUT2D eigenvalue weighted by atomic mass is 9.90. The summed E-state index contributed by atoms with van der Waals surface area (Å²) in [5, 5.41) is 8.91. The Hall–Kier alpha value is -1.08. The summed E-state index contributed by atoms with van der Waals surface area (Å²) in [6, 6.07) is 2.29. The van der Waals surface area contributed by atoms with E-state index in [9.17, 15) is 4.79 Å². The average Bonchev–Trinajstić information content (AvgIpc) is 2.29. The van der Waals surface area contributed by atoms with Crippen LogP contribution in [0.2, 0.25) is 0 Å². The van der Waals surface area contributed by atoms with Crippen LogP contribution in [0.4, 0.5) is 0 Å². The van der Waals surface area contributed by atoms with Crippen LogP contribution >= 0.6 is 0 Å². The summed E-state index contributed by atoms with van der Waals surface area (Å²) in [7, 11) is 1.41. The largest absolute Gasteiger partial charge is 0.468 e. The van der Waals surface area contributed by atoms with Crippen molar-refractivity contribution in [3.05, 3.63) is 0 Å². The first-order valence-electron chi connectivity index (χ1n) is 6.15. The van der Waals surface area contributed by atoms with E-state index in [1.54, 1.807) is 0 Å². The third-order valence-electron chi connectivity index (χ3n) is 2.70. The normalized spacial score (nSPS) is 11.3. The van der Waals surface area contributed by atoms with Crippen LogP contribution in [-0.2, 0) is 9.53 Å². The van der Waals surface area contributed by atoms with Gasteiger partial charge >= 0.3 is 5.97 Å². The topological polar surface area (TPSA) is 53.3 Å². The number of rotatable bonds is 8. The van der Waals surface area contributed by atoms with E-state index in [0.717, 1.165) is 32.4 Å². The lowest BCUT2D eigenvalue weighted by molar-refractivity contribution is -0.141. The molecule has 0 bridgehead atoms. The van der Waals surface area contributed by atoms with Gasteiger partial charge in [0.1, 0.15) is 0 Å². The van der Waals surface area contributed by atoms with Crippen LogP contribution in [0.1, 0.15) is 40.0 Å². The number of carbonyl (C=O) groups is 1. The predicted octanol–water partition coefficient (Wildman–Crippen LogP) is 2.20. The number of hydrogen-bond acceptors (Lipinski definition) is 4. The van der Waals surface area contributed by atoms with Crippen molar-refractivity contribution < 1.29 is 9.53 Å². The lowest BCUT2D eigenvalue weighted by Gasteiger charge is -2.22. The molecule has 0 radical (unpaired) electrons. The van der Waals surface area contributed by atoms with E-state index >= 15 is 0 Å². The molecule has 0 aliphatic rings. The Kier molecular flexibility index (Phi) is 7.56. The maximum absolute atomic E-state index is 11.2. The summed E-state index contributed by atoms with van der Waals surface area (Å²) in [6.45, 7) is 8.05. The molecule has 0 heterocycles. The highest BCUT2D eigenvalue weighted by molar-refractivity contribution is 5.71. The van der Waals surface area contributed by atoms with Crippen LogP contribution in [0.5, 0.6) is 0 Å².